The van der Waals surface area contributed by atoms with E-state index in [0.29, 0.717) is 51.6 Å². The van der Waals surface area contributed by atoms with Gasteiger partial charge in [-0.15, -0.1) is 0 Å². The molecule has 1 aliphatic carbocycles. The molecule has 1 saturated heterocycles. The number of fused-ring (bicyclic) bond motifs is 1. The summed E-state index contributed by atoms with van der Waals surface area (Å²) in [6.45, 7) is 0.761. The molecule has 4 aromatic rings. The van der Waals surface area contributed by atoms with Gasteiger partial charge in [0.1, 0.15) is 30.3 Å². The van der Waals surface area contributed by atoms with Crippen molar-refractivity contribution in [2.45, 2.75) is 38.2 Å². The number of methoxy groups -OCH3 is 1. The lowest BCUT2D eigenvalue weighted by atomic mass is 9.96. The Morgan fingerprint density at radius 2 is 1.91 bits per heavy atom. The van der Waals surface area contributed by atoms with Gasteiger partial charge in [-0.2, -0.15) is 5.26 Å². The van der Waals surface area contributed by atoms with Crippen LogP contribution in [0.3, 0.4) is 0 Å². The number of carboxylic acids is 1. The van der Waals surface area contributed by atoms with Crippen LogP contribution >= 0.6 is 11.6 Å². The van der Waals surface area contributed by atoms with Crippen LogP contribution in [0.1, 0.15) is 40.3 Å². The number of benzene rings is 3. The van der Waals surface area contributed by atoms with Crippen molar-refractivity contribution >= 4 is 17.6 Å². The molecule has 2 unspecified atom stereocenters. The fourth-order valence-electron chi connectivity index (χ4n) is 6.21. The van der Waals surface area contributed by atoms with Gasteiger partial charge < -0.3 is 24.4 Å². The molecule has 0 spiro atoms. The van der Waals surface area contributed by atoms with Crippen LogP contribution in [-0.4, -0.2) is 52.4 Å². The number of rotatable bonds is 10. The van der Waals surface area contributed by atoms with Gasteiger partial charge in [0.25, 0.3) is 0 Å². The highest BCUT2D eigenvalue weighted by Crippen LogP contribution is 2.44. The molecule has 1 fully saturated rings. The number of aliphatic carboxylic acids is 1. The van der Waals surface area contributed by atoms with E-state index >= 15 is 4.39 Å². The fourth-order valence-corrected chi connectivity index (χ4v) is 6.44. The van der Waals surface area contributed by atoms with E-state index in [4.69, 9.17) is 25.8 Å². The van der Waals surface area contributed by atoms with E-state index < -0.39 is 23.8 Å². The number of aliphatic hydroxyl groups is 1. The number of nitrogens with zero attached hydrogens (tertiary/aromatic N) is 3. The molecule has 2 N–H and O–H groups in total. The average molecular weight is 644 g/mol. The summed E-state index contributed by atoms with van der Waals surface area (Å²) in [6.07, 6.45) is 3.07. The van der Waals surface area contributed by atoms with Crippen LogP contribution in [-0.2, 0) is 24.4 Å². The van der Waals surface area contributed by atoms with Gasteiger partial charge in [0, 0.05) is 54.8 Å². The van der Waals surface area contributed by atoms with Gasteiger partial charge in [-0.05, 0) is 47.7 Å². The predicted molar refractivity (Wildman–Crippen MR) is 167 cm³/mol. The molecule has 0 bridgehead atoms. The van der Waals surface area contributed by atoms with Gasteiger partial charge in [0.2, 0.25) is 0 Å². The lowest BCUT2D eigenvalue weighted by Crippen LogP contribution is -2.25. The van der Waals surface area contributed by atoms with Gasteiger partial charge in [-0.25, -0.2) is 4.39 Å². The number of β-amino-alcohol motifs (C(OH)–C–C–N with tert-alkyl or cyclic N) is 1. The third-order valence-corrected chi connectivity index (χ3v) is 8.76. The molecule has 0 saturated carbocycles. The number of ether oxygens (including phenoxy) is 3. The van der Waals surface area contributed by atoms with Gasteiger partial charge in [0.05, 0.1) is 29.7 Å². The summed E-state index contributed by atoms with van der Waals surface area (Å²) in [5, 5.41) is 29.4. The van der Waals surface area contributed by atoms with Crippen molar-refractivity contribution in [2.75, 3.05) is 20.2 Å². The minimum absolute atomic E-state index is 0.110. The van der Waals surface area contributed by atoms with E-state index in [2.05, 4.69) is 11.1 Å². The molecular formula is C35H31ClFN3O6. The highest BCUT2D eigenvalue weighted by atomic mass is 35.5. The van der Waals surface area contributed by atoms with Crippen LogP contribution < -0.4 is 14.2 Å². The maximum Gasteiger partial charge on any atom is 0.310 e. The van der Waals surface area contributed by atoms with Gasteiger partial charge >= 0.3 is 5.97 Å². The second-order valence-corrected chi connectivity index (χ2v) is 11.8. The summed E-state index contributed by atoms with van der Waals surface area (Å²) in [5.74, 6) is -1.33. The third-order valence-electron chi connectivity index (χ3n) is 8.47. The number of carboxylic acid groups (broad SMARTS) is 1. The topological polar surface area (TPSA) is 125 Å². The molecule has 11 heteroatoms. The molecule has 6 rings (SSSR count). The molecule has 1 aliphatic heterocycles. The molecule has 9 nitrogen and oxygen atoms in total. The van der Waals surface area contributed by atoms with E-state index in [1.165, 1.54) is 13.3 Å². The number of aromatic nitrogens is 1. The zero-order valence-corrected chi connectivity index (χ0v) is 25.7. The van der Waals surface area contributed by atoms with Crippen molar-refractivity contribution in [3.8, 4) is 34.4 Å². The molecule has 3 atom stereocenters. The molecule has 3 aromatic carbocycles. The van der Waals surface area contributed by atoms with Crippen LogP contribution in [0.4, 0.5) is 4.39 Å². The maximum atomic E-state index is 15.2. The Labute approximate surface area is 270 Å². The van der Waals surface area contributed by atoms with Crippen LogP contribution in [0.25, 0.3) is 11.1 Å². The summed E-state index contributed by atoms with van der Waals surface area (Å²) >= 11 is 6.79. The van der Waals surface area contributed by atoms with E-state index in [0.717, 1.165) is 16.7 Å². The van der Waals surface area contributed by atoms with Crippen LogP contribution in [0.2, 0.25) is 5.02 Å². The first-order chi connectivity index (χ1) is 22.2. The fraction of sp³-hybridized carbons (Fsp3) is 0.286. The predicted octanol–water partition coefficient (Wildman–Crippen LogP) is 5.94. The van der Waals surface area contributed by atoms with Crippen molar-refractivity contribution in [3.05, 3.63) is 106 Å². The number of pyridine rings is 1. The number of hydrogen-bond acceptors (Lipinski definition) is 8. The Bertz CT molecular complexity index is 1830. The van der Waals surface area contributed by atoms with E-state index in [9.17, 15) is 20.3 Å². The molecule has 46 heavy (non-hydrogen) atoms. The molecule has 2 heterocycles. The molecular weight excluding hydrogens is 613 g/mol. The zero-order chi connectivity index (χ0) is 32.4. The Morgan fingerprint density at radius 3 is 2.67 bits per heavy atom. The van der Waals surface area contributed by atoms with Crippen LogP contribution in [0, 0.1) is 23.1 Å². The van der Waals surface area contributed by atoms with Gasteiger partial charge in [-0.3, -0.25) is 14.7 Å². The van der Waals surface area contributed by atoms with Crippen molar-refractivity contribution < 1.29 is 33.6 Å². The van der Waals surface area contributed by atoms with Crippen molar-refractivity contribution in [1.29, 1.82) is 5.26 Å². The SMILES string of the molecule is COc1cccc(-c2cccc3c2CC[C@@H]3Oc2cc(OCc3cncc(C#N)c3)c(CN3CC(O)C(C(=O)O)C3)cc2Cl)c1F. The van der Waals surface area contributed by atoms with Gasteiger partial charge in [-0.1, -0.05) is 41.9 Å². The summed E-state index contributed by atoms with van der Waals surface area (Å²) in [5.41, 5.74) is 4.95. The first kappa shape index (κ1) is 31.3. The molecule has 0 radical (unpaired) electrons. The number of nitriles is 1. The number of aliphatic hydroxyl groups excluding tert-OH is 1. The summed E-state index contributed by atoms with van der Waals surface area (Å²) in [7, 11) is 1.44. The molecule has 1 aromatic heterocycles. The minimum Gasteiger partial charge on any atom is -0.494 e. The molecule has 0 amide bonds. The smallest absolute Gasteiger partial charge is 0.310 e. The normalized spacial score (nSPS) is 19.0. The highest BCUT2D eigenvalue weighted by Gasteiger charge is 2.37. The summed E-state index contributed by atoms with van der Waals surface area (Å²) < 4.78 is 33.1. The monoisotopic (exact) mass is 643 g/mol. The average Bonchev–Trinajstić information content (AvgIpc) is 3.64. The minimum atomic E-state index is -1.05. The van der Waals surface area contributed by atoms with Gasteiger partial charge in [0.15, 0.2) is 11.6 Å². The zero-order valence-electron chi connectivity index (χ0n) is 25.0. The van der Waals surface area contributed by atoms with E-state index in [1.54, 1.807) is 42.6 Å². The first-order valence-electron chi connectivity index (χ1n) is 14.8. The largest absolute Gasteiger partial charge is 0.494 e. The van der Waals surface area contributed by atoms with Crippen LogP contribution in [0.5, 0.6) is 17.2 Å². The molecule has 2 aliphatic rings. The maximum absolute atomic E-state index is 15.2. The number of carbonyl (C=O) groups is 1. The number of likely N-dealkylation sites (tertiary alicyclic amines) is 1. The third kappa shape index (κ3) is 6.35. The Balaban J connectivity index is 1.29. The molecule has 236 valence electrons. The first-order valence-corrected chi connectivity index (χ1v) is 15.2. The Kier molecular flexibility index (Phi) is 9.08. The van der Waals surface area contributed by atoms with Crippen molar-refractivity contribution in [2.24, 2.45) is 5.92 Å². The lowest BCUT2D eigenvalue weighted by Gasteiger charge is -2.22. The van der Waals surface area contributed by atoms with Crippen molar-refractivity contribution in [3.63, 3.8) is 0 Å². The van der Waals surface area contributed by atoms with Crippen LogP contribution in [0.15, 0.2) is 67.0 Å². The quantitative estimate of drug-likeness (QED) is 0.216. The lowest BCUT2D eigenvalue weighted by molar-refractivity contribution is -0.143. The highest BCUT2D eigenvalue weighted by molar-refractivity contribution is 6.32. The van der Waals surface area contributed by atoms with E-state index in [-0.39, 0.29) is 38.1 Å². The second kappa shape index (κ2) is 13.3. The summed E-state index contributed by atoms with van der Waals surface area (Å²) in [4.78, 5) is 17.5. The Morgan fingerprint density at radius 1 is 1.11 bits per heavy atom. The number of halogens is 2. The summed E-state index contributed by atoms with van der Waals surface area (Å²) in [6, 6.07) is 18.0. The second-order valence-electron chi connectivity index (χ2n) is 11.4. The Hall–Kier alpha value is -4.69. The van der Waals surface area contributed by atoms with Crippen molar-refractivity contribution in [1.82, 2.24) is 9.88 Å². The number of hydrogen-bond donors (Lipinski definition) is 2. The standard InChI is InChI=1S/C35H31ClFN3O6/c1-44-31-7-3-6-26(34(31)37)23-4-2-5-25-24(23)8-9-30(25)46-33-12-32(45-19-21-10-20(13-38)14-39-15-21)22(11-28(33)36)16-40-17-27(35(42)43)29(41)18-40/h2-7,10-12,14-15,27,29-30,41H,8-9,16-19H2,1H3,(H,42,43)/t27?,29?,30-/m0/s1. The van der Waals surface area contributed by atoms with E-state index in [1.807, 2.05) is 23.1 Å².